The fraction of sp³-hybridized carbons (Fsp3) is 0.947. The number of rotatable bonds is 5. The maximum Gasteiger partial charge on any atom is 0.228 e. The van der Waals surface area contributed by atoms with E-state index in [2.05, 4.69) is 5.32 Å². The number of amides is 1. The Morgan fingerprint density at radius 2 is 1.83 bits per heavy atom. The highest BCUT2D eigenvalue weighted by atomic mass is 16.3. The zero-order chi connectivity index (χ0) is 16.9. The minimum absolute atomic E-state index is 0.220. The Kier molecular flexibility index (Phi) is 6.90. The number of nitrogens with zero attached hydrogens (tertiary/aromatic N) is 1. The number of hydrogen-bond donors (Lipinski definition) is 2. The second kappa shape index (κ2) is 8.48. The zero-order valence-corrected chi connectivity index (χ0v) is 15.3. The molecule has 1 aliphatic heterocycles. The van der Waals surface area contributed by atoms with Gasteiger partial charge in [0.15, 0.2) is 0 Å². The molecule has 0 bridgehead atoms. The van der Waals surface area contributed by atoms with Crippen LogP contribution in [0.2, 0.25) is 0 Å². The summed E-state index contributed by atoms with van der Waals surface area (Å²) in [6, 6.07) is 0.383. The van der Waals surface area contributed by atoms with Gasteiger partial charge in [-0.05, 0) is 44.1 Å². The predicted molar refractivity (Wildman–Crippen MR) is 94.2 cm³/mol. The lowest BCUT2D eigenvalue weighted by Gasteiger charge is -2.41. The third-order valence-electron chi connectivity index (χ3n) is 5.42. The monoisotopic (exact) mass is 324 g/mol. The molecule has 2 fully saturated rings. The summed E-state index contributed by atoms with van der Waals surface area (Å²) in [6.07, 6.45) is 8.73. The molecule has 1 amide bonds. The van der Waals surface area contributed by atoms with Crippen LogP contribution in [-0.4, -0.2) is 48.2 Å². The summed E-state index contributed by atoms with van der Waals surface area (Å²) in [5.41, 5.74) is -0.324. The largest absolute Gasteiger partial charge is 0.396 e. The summed E-state index contributed by atoms with van der Waals surface area (Å²) in [4.78, 5) is 14.7. The lowest BCUT2D eigenvalue weighted by atomic mass is 9.86. The molecule has 2 aliphatic rings. The third kappa shape index (κ3) is 5.75. The normalized spacial score (nSPS) is 27.2. The van der Waals surface area contributed by atoms with Crippen molar-refractivity contribution in [2.24, 2.45) is 17.3 Å². The number of piperidine rings is 1. The molecule has 0 spiro atoms. The first-order valence-corrected chi connectivity index (χ1v) is 9.53. The van der Waals surface area contributed by atoms with Crippen LogP contribution >= 0.6 is 0 Å². The van der Waals surface area contributed by atoms with Crippen LogP contribution in [-0.2, 0) is 4.79 Å². The van der Waals surface area contributed by atoms with Crippen molar-refractivity contribution in [3.63, 3.8) is 0 Å². The molecule has 134 valence electrons. The molecule has 23 heavy (non-hydrogen) atoms. The minimum atomic E-state index is -0.324. The van der Waals surface area contributed by atoms with Crippen molar-refractivity contribution in [2.45, 2.75) is 71.8 Å². The first kappa shape index (κ1) is 18.7. The van der Waals surface area contributed by atoms with Crippen molar-refractivity contribution in [2.75, 3.05) is 26.2 Å². The van der Waals surface area contributed by atoms with Crippen LogP contribution in [0.5, 0.6) is 0 Å². The molecule has 0 aromatic heterocycles. The van der Waals surface area contributed by atoms with Crippen molar-refractivity contribution in [1.29, 1.82) is 0 Å². The van der Waals surface area contributed by atoms with Crippen LogP contribution in [0.3, 0.4) is 0 Å². The second-order valence-electron chi connectivity index (χ2n) is 8.68. The van der Waals surface area contributed by atoms with E-state index >= 15 is 0 Å². The number of carbonyl (C=O) groups excluding carboxylic acids is 1. The molecule has 0 radical (unpaired) electrons. The Labute approximate surface area is 142 Å². The van der Waals surface area contributed by atoms with Gasteiger partial charge in [-0.3, -0.25) is 4.79 Å². The van der Waals surface area contributed by atoms with Gasteiger partial charge in [0.1, 0.15) is 0 Å². The molecule has 2 unspecified atom stereocenters. The average molecular weight is 325 g/mol. The van der Waals surface area contributed by atoms with Gasteiger partial charge in [-0.1, -0.05) is 40.0 Å². The van der Waals surface area contributed by atoms with Crippen LogP contribution in [0.4, 0.5) is 0 Å². The fourth-order valence-corrected chi connectivity index (χ4v) is 4.11. The van der Waals surface area contributed by atoms with Crippen molar-refractivity contribution in [3.05, 3.63) is 0 Å². The van der Waals surface area contributed by atoms with E-state index in [9.17, 15) is 9.90 Å². The highest BCUT2D eigenvalue weighted by Crippen LogP contribution is 2.27. The molecule has 0 aromatic rings. The molecule has 1 heterocycles. The van der Waals surface area contributed by atoms with Gasteiger partial charge < -0.3 is 15.3 Å². The van der Waals surface area contributed by atoms with Gasteiger partial charge in [0, 0.05) is 31.2 Å². The number of aliphatic hydroxyl groups excluding tert-OH is 1. The average Bonchev–Trinajstić information content (AvgIpc) is 2.52. The number of carbonyl (C=O) groups is 1. The summed E-state index contributed by atoms with van der Waals surface area (Å²) >= 11 is 0. The fourth-order valence-electron chi connectivity index (χ4n) is 4.11. The molecule has 1 saturated heterocycles. The molecule has 4 nitrogen and oxygen atoms in total. The van der Waals surface area contributed by atoms with Crippen LogP contribution in [0.15, 0.2) is 0 Å². The van der Waals surface area contributed by atoms with Gasteiger partial charge in [0.05, 0.1) is 0 Å². The maximum atomic E-state index is 12.7. The smallest absolute Gasteiger partial charge is 0.228 e. The summed E-state index contributed by atoms with van der Waals surface area (Å²) in [6.45, 7) is 8.93. The Hall–Kier alpha value is -0.610. The molecule has 2 atom stereocenters. The van der Waals surface area contributed by atoms with E-state index < -0.39 is 0 Å². The van der Waals surface area contributed by atoms with Crippen molar-refractivity contribution in [3.8, 4) is 0 Å². The minimum Gasteiger partial charge on any atom is -0.396 e. The zero-order valence-electron chi connectivity index (χ0n) is 15.3. The molecule has 0 aromatic carbocycles. The van der Waals surface area contributed by atoms with E-state index in [1.165, 1.54) is 32.1 Å². The molecule has 4 heteroatoms. The molecule has 2 rings (SSSR count). The van der Waals surface area contributed by atoms with Crippen molar-refractivity contribution < 1.29 is 9.90 Å². The lowest BCUT2D eigenvalue weighted by molar-refractivity contribution is -0.142. The number of aliphatic hydroxyl groups is 1. The summed E-state index contributed by atoms with van der Waals surface area (Å²) < 4.78 is 0. The van der Waals surface area contributed by atoms with Gasteiger partial charge in [-0.25, -0.2) is 0 Å². The first-order valence-electron chi connectivity index (χ1n) is 9.53. The van der Waals surface area contributed by atoms with E-state index in [1.807, 2.05) is 25.7 Å². The lowest BCUT2D eigenvalue weighted by Crippen LogP contribution is -2.54. The van der Waals surface area contributed by atoms with E-state index in [1.54, 1.807) is 0 Å². The Bertz CT molecular complexity index is 372. The highest BCUT2D eigenvalue weighted by Gasteiger charge is 2.34. The second-order valence-corrected chi connectivity index (χ2v) is 8.68. The Balaban J connectivity index is 1.90. The molecule has 2 N–H and O–H groups in total. The maximum absolute atomic E-state index is 12.7. The standard InChI is InChI=1S/C19H36N2O2/c1-19(2,3)18(23)21-13-16(9-10-22)11-17(14-21)20-12-15-7-5-4-6-8-15/h15-17,20,22H,4-14H2,1-3H3. The summed E-state index contributed by atoms with van der Waals surface area (Å²) in [5, 5.41) is 13.0. The van der Waals surface area contributed by atoms with Crippen LogP contribution < -0.4 is 5.32 Å². The van der Waals surface area contributed by atoms with E-state index in [4.69, 9.17) is 0 Å². The number of nitrogens with one attached hydrogen (secondary N) is 1. The van der Waals surface area contributed by atoms with Gasteiger partial charge in [0.2, 0.25) is 5.91 Å². The van der Waals surface area contributed by atoms with Gasteiger partial charge in [-0.15, -0.1) is 0 Å². The van der Waals surface area contributed by atoms with Crippen LogP contribution in [0.1, 0.15) is 65.7 Å². The highest BCUT2D eigenvalue weighted by molar-refractivity contribution is 5.81. The third-order valence-corrected chi connectivity index (χ3v) is 5.42. The van der Waals surface area contributed by atoms with Gasteiger partial charge in [0.25, 0.3) is 0 Å². The summed E-state index contributed by atoms with van der Waals surface area (Å²) in [7, 11) is 0. The van der Waals surface area contributed by atoms with E-state index in [0.29, 0.717) is 12.0 Å². The van der Waals surface area contributed by atoms with Gasteiger partial charge >= 0.3 is 0 Å². The SMILES string of the molecule is CC(C)(C)C(=O)N1CC(CCO)CC(NCC2CCCCC2)C1. The molecular formula is C19H36N2O2. The van der Waals surface area contributed by atoms with Crippen molar-refractivity contribution in [1.82, 2.24) is 10.2 Å². The van der Waals surface area contributed by atoms with Crippen LogP contribution in [0.25, 0.3) is 0 Å². The van der Waals surface area contributed by atoms with E-state index in [0.717, 1.165) is 38.4 Å². The van der Waals surface area contributed by atoms with Gasteiger partial charge in [-0.2, -0.15) is 0 Å². The summed E-state index contributed by atoms with van der Waals surface area (Å²) in [5.74, 6) is 1.47. The van der Waals surface area contributed by atoms with Crippen molar-refractivity contribution >= 4 is 5.91 Å². The predicted octanol–water partition coefficient (Wildman–Crippen LogP) is 2.80. The van der Waals surface area contributed by atoms with E-state index in [-0.39, 0.29) is 17.9 Å². The number of hydrogen-bond acceptors (Lipinski definition) is 3. The molecular weight excluding hydrogens is 288 g/mol. The molecule has 1 aliphatic carbocycles. The van der Waals surface area contributed by atoms with Crippen LogP contribution in [0, 0.1) is 17.3 Å². The Morgan fingerprint density at radius 1 is 1.13 bits per heavy atom. The Morgan fingerprint density at radius 3 is 2.43 bits per heavy atom. The molecule has 1 saturated carbocycles. The topological polar surface area (TPSA) is 52.6 Å². The quantitative estimate of drug-likeness (QED) is 0.817. The first-order chi connectivity index (χ1) is 10.9. The number of likely N-dealkylation sites (tertiary alicyclic amines) is 1.